The standard InChI is InChI=1S/C15H19NO5/c1-8-3-5-9(6-4-8)11-10(7-17)15(2,14(20)21)16-12(11)13(18)19/h3-6,10-12,16-17H,7H2,1-2H3,(H,18,19)(H,20,21)/t10-,11-,12-,15+/m0/s1. The van der Waals surface area contributed by atoms with Gasteiger partial charge in [0.05, 0.1) is 0 Å². The van der Waals surface area contributed by atoms with Gasteiger partial charge in [-0.05, 0) is 19.4 Å². The molecule has 1 aliphatic rings. The molecule has 0 radical (unpaired) electrons. The molecule has 0 unspecified atom stereocenters. The molecule has 0 aliphatic carbocycles. The summed E-state index contributed by atoms with van der Waals surface area (Å²) >= 11 is 0. The van der Waals surface area contributed by atoms with Gasteiger partial charge in [-0.3, -0.25) is 14.9 Å². The van der Waals surface area contributed by atoms with Crippen molar-refractivity contribution in [2.75, 3.05) is 6.61 Å². The summed E-state index contributed by atoms with van der Waals surface area (Å²) in [5.41, 5.74) is 0.260. The summed E-state index contributed by atoms with van der Waals surface area (Å²) in [6.07, 6.45) is 0. The van der Waals surface area contributed by atoms with Crippen LogP contribution in [0, 0.1) is 12.8 Å². The van der Waals surface area contributed by atoms with E-state index >= 15 is 0 Å². The monoisotopic (exact) mass is 293 g/mol. The number of aliphatic hydroxyl groups excluding tert-OH is 1. The van der Waals surface area contributed by atoms with E-state index in [0.717, 1.165) is 5.56 Å². The lowest BCUT2D eigenvalue weighted by Gasteiger charge is -2.28. The fraction of sp³-hybridized carbons (Fsp3) is 0.467. The molecule has 1 aliphatic heterocycles. The van der Waals surface area contributed by atoms with Crippen LogP contribution in [0.5, 0.6) is 0 Å². The molecule has 114 valence electrons. The average molecular weight is 293 g/mol. The summed E-state index contributed by atoms with van der Waals surface area (Å²) in [7, 11) is 0. The molecule has 4 atom stereocenters. The van der Waals surface area contributed by atoms with Crippen molar-refractivity contribution in [1.82, 2.24) is 5.32 Å². The maximum atomic E-state index is 11.5. The SMILES string of the molecule is Cc1ccc([C@@H]2[C@@H](C(=O)O)N[C@@](C)(C(=O)O)[C@H]2CO)cc1. The first kappa shape index (κ1) is 15.5. The third kappa shape index (κ3) is 2.52. The first-order valence-electron chi connectivity index (χ1n) is 6.72. The quantitative estimate of drug-likeness (QED) is 0.647. The van der Waals surface area contributed by atoms with Crippen LogP contribution >= 0.6 is 0 Å². The molecule has 6 nitrogen and oxygen atoms in total. The van der Waals surface area contributed by atoms with E-state index in [9.17, 15) is 24.9 Å². The zero-order valence-corrected chi connectivity index (χ0v) is 11.9. The Bertz CT molecular complexity index is 556. The predicted molar refractivity (Wildman–Crippen MR) is 75.1 cm³/mol. The second-order valence-electron chi connectivity index (χ2n) is 5.69. The highest BCUT2D eigenvalue weighted by Gasteiger charge is 2.57. The van der Waals surface area contributed by atoms with Crippen LogP contribution in [0.3, 0.4) is 0 Å². The number of hydrogen-bond acceptors (Lipinski definition) is 4. The van der Waals surface area contributed by atoms with E-state index in [1.54, 1.807) is 12.1 Å². The highest BCUT2D eigenvalue weighted by molar-refractivity contribution is 5.84. The third-order valence-electron chi connectivity index (χ3n) is 4.36. The number of carboxylic acid groups (broad SMARTS) is 2. The summed E-state index contributed by atoms with van der Waals surface area (Å²) in [6.45, 7) is 2.93. The van der Waals surface area contributed by atoms with Crippen LogP contribution < -0.4 is 5.32 Å². The maximum Gasteiger partial charge on any atom is 0.324 e. The molecule has 6 heteroatoms. The number of carboxylic acids is 2. The molecule has 1 saturated heterocycles. The van der Waals surface area contributed by atoms with Crippen LogP contribution in [0.1, 0.15) is 24.0 Å². The van der Waals surface area contributed by atoms with E-state index < -0.39 is 42.0 Å². The number of rotatable bonds is 4. The molecule has 1 fully saturated rings. The topological polar surface area (TPSA) is 107 Å². The molecule has 1 aromatic carbocycles. The molecule has 1 aromatic rings. The fourth-order valence-electron chi connectivity index (χ4n) is 3.06. The molecule has 1 heterocycles. The smallest absolute Gasteiger partial charge is 0.324 e. The second-order valence-corrected chi connectivity index (χ2v) is 5.69. The van der Waals surface area contributed by atoms with Gasteiger partial charge >= 0.3 is 11.9 Å². The molecule has 21 heavy (non-hydrogen) atoms. The molecule has 0 saturated carbocycles. The van der Waals surface area contributed by atoms with Crippen LogP contribution in [0.4, 0.5) is 0 Å². The molecule has 2 rings (SSSR count). The Morgan fingerprint density at radius 2 is 1.81 bits per heavy atom. The van der Waals surface area contributed by atoms with Crippen LogP contribution in [-0.2, 0) is 9.59 Å². The van der Waals surface area contributed by atoms with E-state index in [-0.39, 0.29) is 0 Å². The highest BCUT2D eigenvalue weighted by Crippen LogP contribution is 2.42. The lowest BCUT2D eigenvalue weighted by molar-refractivity contribution is -0.146. The van der Waals surface area contributed by atoms with E-state index in [1.165, 1.54) is 6.92 Å². The normalized spacial score (nSPS) is 32.0. The van der Waals surface area contributed by atoms with Gasteiger partial charge < -0.3 is 15.3 Å². The van der Waals surface area contributed by atoms with E-state index in [4.69, 9.17) is 0 Å². The number of carbonyl (C=O) groups is 2. The fourth-order valence-corrected chi connectivity index (χ4v) is 3.06. The zero-order chi connectivity index (χ0) is 15.8. The lowest BCUT2D eigenvalue weighted by Crippen LogP contribution is -2.53. The van der Waals surface area contributed by atoms with Gasteiger partial charge in [-0.25, -0.2) is 0 Å². The Balaban J connectivity index is 2.50. The van der Waals surface area contributed by atoms with Crippen molar-refractivity contribution in [3.63, 3.8) is 0 Å². The first-order chi connectivity index (χ1) is 9.81. The van der Waals surface area contributed by atoms with Gasteiger partial charge in [-0.2, -0.15) is 0 Å². The van der Waals surface area contributed by atoms with Crippen molar-refractivity contribution in [3.8, 4) is 0 Å². The minimum Gasteiger partial charge on any atom is -0.480 e. The lowest BCUT2D eigenvalue weighted by atomic mass is 9.76. The molecular formula is C15H19NO5. The van der Waals surface area contributed by atoms with Gasteiger partial charge in [0.1, 0.15) is 11.6 Å². The Morgan fingerprint density at radius 3 is 2.24 bits per heavy atom. The van der Waals surface area contributed by atoms with Gasteiger partial charge in [0, 0.05) is 18.4 Å². The summed E-state index contributed by atoms with van der Waals surface area (Å²) < 4.78 is 0. The third-order valence-corrected chi connectivity index (χ3v) is 4.36. The van der Waals surface area contributed by atoms with Crippen molar-refractivity contribution < 1.29 is 24.9 Å². The Kier molecular flexibility index (Phi) is 4.02. The number of benzene rings is 1. The van der Waals surface area contributed by atoms with Crippen molar-refractivity contribution in [2.24, 2.45) is 5.92 Å². The molecule has 0 aromatic heterocycles. The highest BCUT2D eigenvalue weighted by atomic mass is 16.4. The minimum atomic E-state index is -1.48. The van der Waals surface area contributed by atoms with Crippen LogP contribution in [0.2, 0.25) is 0 Å². The van der Waals surface area contributed by atoms with Crippen molar-refractivity contribution in [2.45, 2.75) is 31.3 Å². The summed E-state index contributed by atoms with van der Waals surface area (Å²) in [5.74, 6) is -3.61. The number of aliphatic carboxylic acids is 2. The molecular weight excluding hydrogens is 274 g/mol. The Morgan fingerprint density at radius 1 is 1.24 bits per heavy atom. The van der Waals surface area contributed by atoms with Gasteiger partial charge in [0.2, 0.25) is 0 Å². The predicted octanol–water partition coefficient (Wildman–Crippen LogP) is 0.587. The first-order valence-corrected chi connectivity index (χ1v) is 6.72. The van der Waals surface area contributed by atoms with Crippen LogP contribution in [0.25, 0.3) is 0 Å². The van der Waals surface area contributed by atoms with Crippen molar-refractivity contribution >= 4 is 11.9 Å². The van der Waals surface area contributed by atoms with Crippen LogP contribution in [0.15, 0.2) is 24.3 Å². The van der Waals surface area contributed by atoms with Gasteiger partial charge in [0.15, 0.2) is 0 Å². The molecule has 0 bridgehead atoms. The Labute approximate surface area is 122 Å². The maximum absolute atomic E-state index is 11.5. The average Bonchev–Trinajstić information content (AvgIpc) is 2.74. The van der Waals surface area contributed by atoms with E-state index in [0.29, 0.717) is 5.56 Å². The van der Waals surface area contributed by atoms with Crippen molar-refractivity contribution in [3.05, 3.63) is 35.4 Å². The summed E-state index contributed by atoms with van der Waals surface area (Å²) in [4.78, 5) is 23.0. The zero-order valence-electron chi connectivity index (χ0n) is 11.9. The summed E-state index contributed by atoms with van der Waals surface area (Å²) in [5, 5.41) is 31.1. The largest absolute Gasteiger partial charge is 0.480 e. The molecule has 0 amide bonds. The van der Waals surface area contributed by atoms with Gasteiger partial charge in [0.25, 0.3) is 0 Å². The van der Waals surface area contributed by atoms with Gasteiger partial charge in [-0.15, -0.1) is 0 Å². The number of aliphatic hydroxyl groups is 1. The van der Waals surface area contributed by atoms with Crippen LogP contribution in [-0.4, -0.2) is 45.4 Å². The van der Waals surface area contributed by atoms with E-state index in [1.807, 2.05) is 19.1 Å². The second kappa shape index (κ2) is 5.46. The number of aryl methyl sites for hydroxylation is 1. The Hall–Kier alpha value is -1.92. The molecule has 4 N–H and O–H groups in total. The molecule has 0 spiro atoms. The number of nitrogens with one attached hydrogen (secondary N) is 1. The van der Waals surface area contributed by atoms with E-state index in [2.05, 4.69) is 5.32 Å². The van der Waals surface area contributed by atoms with Gasteiger partial charge in [-0.1, -0.05) is 29.8 Å². The summed E-state index contributed by atoms with van der Waals surface area (Å²) in [6, 6.07) is 6.21. The van der Waals surface area contributed by atoms with Crippen molar-refractivity contribution in [1.29, 1.82) is 0 Å². The number of hydrogen-bond donors (Lipinski definition) is 4. The minimum absolute atomic E-state index is 0.405.